The van der Waals surface area contributed by atoms with Crippen molar-refractivity contribution in [3.8, 4) is 0 Å². The summed E-state index contributed by atoms with van der Waals surface area (Å²) in [6.45, 7) is 1.40. The van der Waals surface area contributed by atoms with Crippen LogP contribution >= 0.6 is 0 Å². The van der Waals surface area contributed by atoms with Crippen molar-refractivity contribution in [2.75, 3.05) is 0 Å². The van der Waals surface area contributed by atoms with Gasteiger partial charge in [-0.15, -0.1) is 0 Å². The first-order valence-electron chi connectivity index (χ1n) is 3.86. The number of hydrogen-bond donors (Lipinski definition) is 0. The number of hydrogen-bond acceptors (Lipinski definition) is 2. The summed E-state index contributed by atoms with van der Waals surface area (Å²) in [7, 11) is 0. The van der Waals surface area contributed by atoms with Crippen LogP contribution in [0.15, 0.2) is 18.2 Å². The zero-order valence-electron chi connectivity index (χ0n) is 7.21. The van der Waals surface area contributed by atoms with Crippen molar-refractivity contribution in [3.63, 3.8) is 0 Å². The van der Waals surface area contributed by atoms with Crippen LogP contribution in [0.4, 0.5) is 4.39 Å². The molecule has 0 aliphatic carbocycles. The number of aldehydes is 1. The maximum Gasteiger partial charge on any atom is 0.150 e. The number of carbonyl (C=O) groups excluding carboxylic acids is 2. The van der Waals surface area contributed by atoms with Gasteiger partial charge in [0.15, 0.2) is 0 Å². The second-order valence-corrected chi connectivity index (χ2v) is 2.84. The highest BCUT2D eigenvalue weighted by molar-refractivity contribution is 5.83. The third-order valence-electron chi connectivity index (χ3n) is 1.67. The van der Waals surface area contributed by atoms with Gasteiger partial charge in [0.05, 0.1) is 0 Å². The molecule has 0 amide bonds. The van der Waals surface area contributed by atoms with Crippen molar-refractivity contribution >= 4 is 12.1 Å². The average molecular weight is 180 g/mol. The first-order valence-corrected chi connectivity index (χ1v) is 3.86. The lowest BCUT2D eigenvalue weighted by Gasteiger charge is -2.01. The van der Waals surface area contributed by atoms with E-state index in [0.29, 0.717) is 17.4 Å². The monoisotopic (exact) mass is 180 g/mol. The molecule has 0 N–H and O–H groups in total. The molecule has 0 heterocycles. The van der Waals surface area contributed by atoms with Crippen molar-refractivity contribution in [1.82, 2.24) is 0 Å². The molecule has 3 heteroatoms. The van der Waals surface area contributed by atoms with Crippen LogP contribution in [-0.2, 0) is 11.2 Å². The fourth-order valence-electron chi connectivity index (χ4n) is 1.11. The van der Waals surface area contributed by atoms with Gasteiger partial charge in [0.1, 0.15) is 17.9 Å². The highest BCUT2D eigenvalue weighted by Gasteiger charge is 2.05. The molecular weight excluding hydrogens is 171 g/mol. The van der Waals surface area contributed by atoms with Crippen molar-refractivity contribution in [2.24, 2.45) is 0 Å². The Labute approximate surface area is 75.4 Å². The van der Waals surface area contributed by atoms with Crippen LogP contribution in [-0.4, -0.2) is 12.1 Å². The number of benzene rings is 1. The number of carbonyl (C=O) groups is 2. The highest BCUT2D eigenvalue weighted by Crippen LogP contribution is 2.10. The number of rotatable bonds is 3. The minimum absolute atomic E-state index is 0.0892. The Balaban J connectivity index is 3.07. The molecule has 0 bridgehead atoms. The van der Waals surface area contributed by atoms with Gasteiger partial charge < -0.3 is 0 Å². The van der Waals surface area contributed by atoms with Crippen LogP contribution in [0.3, 0.4) is 0 Å². The fourth-order valence-corrected chi connectivity index (χ4v) is 1.11. The first-order chi connectivity index (χ1) is 6.13. The van der Waals surface area contributed by atoms with Gasteiger partial charge in [0.25, 0.3) is 0 Å². The van der Waals surface area contributed by atoms with Gasteiger partial charge in [-0.3, -0.25) is 9.59 Å². The lowest BCUT2D eigenvalue weighted by atomic mass is 10.0. The Bertz CT molecular complexity index is 345. The average Bonchev–Trinajstić information content (AvgIpc) is 2.03. The molecule has 0 unspecified atom stereocenters. The van der Waals surface area contributed by atoms with Crippen molar-refractivity contribution < 1.29 is 14.0 Å². The van der Waals surface area contributed by atoms with E-state index in [1.54, 1.807) is 0 Å². The molecule has 0 saturated heterocycles. The van der Waals surface area contributed by atoms with Gasteiger partial charge >= 0.3 is 0 Å². The zero-order valence-corrected chi connectivity index (χ0v) is 7.21. The molecule has 0 aromatic heterocycles. The van der Waals surface area contributed by atoms with Crippen LogP contribution in [0.25, 0.3) is 0 Å². The van der Waals surface area contributed by atoms with Gasteiger partial charge in [0.2, 0.25) is 0 Å². The summed E-state index contributed by atoms with van der Waals surface area (Å²) in [6, 6.07) is 3.79. The molecule has 0 radical (unpaired) electrons. The summed E-state index contributed by atoms with van der Waals surface area (Å²) in [5.74, 6) is -0.518. The summed E-state index contributed by atoms with van der Waals surface area (Å²) < 4.78 is 12.7. The maximum absolute atomic E-state index is 12.7. The second kappa shape index (κ2) is 3.94. The third kappa shape index (κ3) is 2.47. The van der Waals surface area contributed by atoms with E-state index >= 15 is 0 Å². The maximum atomic E-state index is 12.7. The smallest absolute Gasteiger partial charge is 0.150 e. The molecule has 1 aromatic carbocycles. The Kier molecular flexibility index (Phi) is 2.90. The van der Waals surface area contributed by atoms with Gasteiger partial charge in [-0.2, -0.15) is 0 Å². The summed E-state index contributed by atoms with van der Waals surface area (Å²) >= 11 is 0. The minimum atomic E-state index is -0.429. The Morgan fingerprint density at radius 3 is 2.77 bits per heavy atom. The van der Waals surface area contributed by atoms with Gasteiger partial charge in [-0.1, -0.05) is 0 Å². The SMILES string of the molecule is CC(=O)Cc1cc(F)ccc1C=O. The second-order valence-electron chi connectivity index (χ2n) is 2.84. The molecular formula is C10H9FO2. The molecule has 0 saturated carbocycles. The van der Waals surface area contributed by atoms with E-state index in [4.69, 9.17) is 0 Å². The van der Waals surface area contributed by atoms with E-state index < -0.39 is 5.82 Å². The van der Waals surface area contributed by atoms with E-state index in [2.05, 4.69) is 0 Å². The van der Waals surface area contributed by atoms with Crippen LogP contribution in [0, 0.1) is 5.82 Å². The number of Topliss-reactive ketones (excluding diaryl/α,β-unsaturated/α-hetero) is 1. The van der Waals surface area contributed by atoms with Crippen LogP contribution in [0.1, 0.15) is 22.8 Å². The molecule has 2 nitrogen and oxygen atoms in total. The van der Waals surface area contributed by atoms with Crippen LogP contribution in [0.5, 0.6) is 0 Å². The Morgan fingerprint density at radius 1 is 1.54 bits per heavy atom. The number of halogens is 1. The van der Waals surface area contributed by atoms with Crippen molar-refractivity contribution in [2.45, 2.75) is 13.3 Å². The van der Waals surface area contributed by atoms with E-state index in [1.165, 1.54) is 25.1 Å². The molecule has 0 aliphatic heterocycles. The largest absolute Gasteiger partial charge is 0.300 e. The molecule has 1 aromatic rings. The van der Waals surface area contributed by atoms with E-state index in [9.17, 15) is 14.0 Å². The molecule has 68 valence electrons. The highest BCUT2D eigenvalue weighted by atomic mass is 19.1. The lowest BCUT2D eigenvalue weighted by Crippen LogP contribution is -2.01. The van der Waals surface area contributed by atoms with Gasteiger partial charge in [-0.25, -0.2) is 4.39 Å². The fraction of sp³-hybridized carbons (Fsp3) is 0.200. The Morgan fingerprint density at radius 2 is 2.23 bits per heavy atom. The number of ketones is 1. The van der Waals surface area contributed by atoms with Crippen LogP contribution in [0.2, 0.25) is 0 Å². The zero-order chi connectivity index (χ0) is 9.84. The summed E-state index contributed by atoms with van der Waals surface area (Å²) in [5, 5.41) is 0. The van der Waals surface area contributed by atoms with E-state index in [0.717, 1.165) is 0 Å². The lowest BCUT2D eigenvalue weighted by molar-refractivity contribution is -0.116. The predicted molar refractivity (Wildman–Crippen MR) is 46.2 cm³/mol. The predicted octanol–water partition coefficient (Wildman–Crippen LogP) is 1.77. The Hall–Kier alpha value is -1.51. The first kappa shape index (κ1) is 9.58. The van der Waals surface area contributed by atoms with E-state index in [-0.39, 0.29) is 12.2 Å². The van der Waals surface area contributed by atoms with Crippen molar-refractivity contribution in [1.29, 1.82) is 0 Å². The van der Waals surface area contributed by atoms with Gasteiger partial charge in [0, 0.05) is 12.0 Å². The quantitative estimate of drug-likeness (QED) is 0.664. The summed E-state index contributed by atoms with van der Waals surface area (Å²) in [5.41, 5.74) is 0.819. The molecule has 0 spiro atoms. The topological polar surface area (TPSA) is 34.1 Å². The summed E-state index contributed by atoms with van der Waals surface area (Å²) in [6.07, 6.45) is 0.726. The molecule has 0 fully saturated rings. The van der Waals surface area contributed by atoms with Crippen molar-refractivity contribution in [3.05, 3.63) is 35.1 Å². The molecule has 0 atom stereocenters. The minimum Gasteiger partial charge on any atom is -0.300 e. The molecule has 1 rings (SSSR count). The van der Waals surface area contributed by atoms with Crippen LogP contribution < -0.4 is 0 Å². The van der Waals surface area contributed by atoms with E-state index in [1.807, 2.05) is 0 Å². The molecule has 13 heavy (non-hydrogen) atoms. The molecule has 0 aliphatic rings. The third-order valence-corrected chi connectivity index (χ3v) is 1.67. The van der Waals surface area contributed by atoms with Gasteiger partial charge in [-0.05, 0) is 30.7 Å². The standard InChI is InChI=1S/C10H9FO2/c1-7(13)4-9-5-10(11)3-2-8(9)6-12/h2-3,5-6H,4H2,1H3. The normalized spacial score (nSPS) is 9.69. The summed E-state index contributed by atoms with van der Waals surface area (Å²) in [4.78, 5) is 21.2.